The summed E-state index contributed by atoms with van der Waals surface area (Å²) in [6.07, 6.45) is 0.989. The van der Waals surface area contributed by atoms with E-state index in [-0.39, 0.29) is 17.8 Å². The summed E-state index contributed by atoms with van der Waals surface area (Å²) in [6, 6.07) is 35.9. The number of hydrogen-bond acceptors (Lipinski definition) is 10. The van der Waals surface area contributed by atoms with Crippen LogP contribution in [0.1, 0.15) is 59.2 Å². The maximum Gasteiger partial charge on any atom is 0.224 e. The van der Waals surface area contributed by atoms with Crippen LogP contribution in [-0.2, 0) is 13.1 Å². The lowest BCUT2D eigenvalue weighted by molar-refractivity contribution is 0.143. The second-order valence-electron chi connectivity index (χ2n) is 11.9. The number of nitrogens with one attached hydrogen (secondary N) is 2. The van der Waals surface area contributed by atoms with Crippen LogP contribution in [0.2, 0.25) is 0 Å². The molecule has 1 saturated carbocycles. The predicted molar refractivity (Wildman–Crippen MR) is 200 cm³/mol. The van der Waals surface area contributed by atoms with Gasteiger partial charge in [-0.3, -0.25) is 0 Å². The molecular formula is C38H44N8S2. The van der Waals surface area contributed by atoms with E-state index in [0.29, 0.717) is 44.0 Å². The smallest absolute Gasteiger partial charge is 0.224 e. The van der Waals surface area contributed by atoms with Crippen LogP contribution >= 0.6 is 23.5 Å². The van der Waals surface area contributed by atoms with Crippen molar-refractivity contribution in [1.82, 2.24) is 19.9 Å². The summed E-state index contributed by atoms with van der Waals surface area (Å²) < 4.78 is 0. The molecule has 8 nitrogen and oxygen atoms in total. The zero-order chi connectivity index (χ0) is 33.1. The Morgan fingerprint density at radius 3 is 1.44 bits per heavy atom. The predicted octanol–water partition coefficient (Wildman–Crippen LogP) is 7.28. The highest BCUT2D eigenvalue weighted by Gasteiger charge is 2.53. The van der Waals surface area contributed by atoms with Crippen molar-refractivity contribution in [3.63, 3.8) is 0 Å². The minimum atomic E-state index is 0.185. The normalized spacial score (nSPS) is 18.6. The number of nitrogens with two attached hydrogens (primary N) is 2. The Morgan fingerprint density at radius 1 is 0.583 bits per heavy atom. The summed E-state index contributed by atoms with van der Waals surface area (Å²) in [5.41, 5.74) is 17.6. The summed E-state index contributed by atoms with van der Waals surface area (Å²) in [4.78, 5) is 20.2. The minimum Gasteiger partial charge on any atom is -0.350 e. The molecule has 0 spiro atoms. The molecule has 3 aromatic carbocycles. The number of thioether (sulfide) groups is 2. The lowest BCUT2D eigenvalue weighted by atomic mass is 9.51. The fraction of sp³-hybridized carbons (Fsp3) is 0.316. The molecule has 6 rings (SSSR count). The maximum atomic E-state index is 5.91. The van der Waals surface area contributed by atoms with Crippen LogP contribution in [0.25, 0.3) is 0 Å². The molecule has 48 heavy (non-hydrogen) atoms. The van der Waals surface area contributed by atoms with Gasteiger partial charge >= 0.3 is 0 Å². The van der Waals surface area contributed by atoms with Crippen molar-refractivity contribution < 1.29 is 0 Å². The van der Waals surface area contributed by atoms with Crippen LogP contribution in [-0.4, -0.2) is 44.5 Å². The third kappa shape index (κ3) is 8.36. The van der Waals surface area contributed by atoms with Crippen molar-refractivity contribution in [2.75, 3.05) is 35.2 Å². The van der Waals surface area contributed by atoms with E-state index in [0.717, 1.165) is 39.4 Å². The summed E-state index contributed by atoms with van der Waals surface area (Å²) in [5.74, 6) is 3.78. The monoisotopic (exact) mass is 676 g/mol. The Labute approximate surface area is 292 Å². The Kier molecular flexibility index (Phi) is 12.0. The molecule has 5 aromatic rings. The van der Waals surface area contributed by atoms with Crippen molar-refractivity contribution in [2.24, 2.45) is 17.4 Å². The molecule has 248 valence electrons. The van der Waals surface area contributed by atoms with Gasteiger partial charge in [-0.15, -0.1) is 23.5 Å². The first-order chi connectivity index (χ1) is 23.7. The summed E-state index contributed by atoms with van der Waals surface area (Å²) >= 11 is 3.37. The maximum absolute atomic E-state index is 5.91. The topological polar surface area (TPSA) is 128 Å². The van der Waals surface area contributed by atoms with E-state index < -0.39 is 0 Å². The van der Waals surface area contributed by atoms with Gasteiger partial charge in [0.1, 0.15) is 10.1 Å². The number of nitrogens with zero attached hydrogens (tertiary/aromatic N) is 4. The van der Waals surface area contributed by atoms with Crippen molar-refractivity contribution in [3.8, 4) is 0 Å². The Hall–Kier alpha value is -3.96. The Balaban J connectivity index is 1.37. The molecule has 1 aliphatic rings. The fourth-order valence-electron chi connectivity index (χ4n) is 6.65. The van der Waals surface area contributed by atoms with Gasteiger partial charge in [0, 0.05) is 55.4 Å². The molecule has 1 aliphatic carbocycles. The lowest BCUT2D eigenvalue weighted by Gasteiger charge is -2.52. The molecule has 6 N–H and O–H groups in total. The summed E-state index contributed by atoms with van der Waals surface area (Å²) in [6.45, 7) is 4.77. The van der Waals surface area contributed by atoms with Gasteiger partial charge in [-0.1, -0.05) is 104 Å². The van der Waals surface area contributed by atoms with Gasteiger partial charge in [-0.2, -0.15) is 0 Å². The van der Waals surface area contributed by atoms with Gasteiger partial charge in [-0.05, 0) is 34.7 Å². The first-order valence-electron chi connectivity index (χ1n) is 16.7. The van der Waals surface area contributed by atoms with Crippen molar-refractivity contribution in [2.45, 2.75) is 54.2 Å². The zero-order valence-electron chi connectivity index (χ0n) is 27.3. The van der Waals surface area contributed by atoms with Crippen LogP contribution in [0.4, 0.5) is 11.9 Å². The van der Waals surface area contributed by atoms with Crippen LogP contribution in [0.15, 0.2) is 113 Å². The highest BCUT2D eigenvalue weighted by molar-refractivity contribution is 7.99. The number of hydrogen-bond donors (Lipinski definition) is 4. The van der Waals surface area contributed by atoms with Gasteiger partial charge in [0.2, 0.25) is 11.9 Å². The molecule has 0 bridgehead atoms. The molecule has 0 amide bonds. The zero-order valence-corrected chi connectivity index (χ0v) is 29.0. The second kappa shape index (κ2) is 16.9. The third-order valence-electron chi connectivity index (χ3n) is 8.80. The number of benzene rings is 3. The molecule has 2 atom stereocenters. The molecule has 2 unspecified atom stereocenters. The SMILES string of the molecule is CCC1C(c2cc(SCCN)nc(NCc3ccccc3)n2)C(c2ccccc2)C1c1cc(SCCN)nc(NCc2ccccc2)n1. The van der Waals surface area contributed by atoms with Crippen LogP contribution < -0.4 is 22.1 Å². The number of aromatic nitrogens is 4. The van der Waals surface area contributed by atoms with Gasteiger partial charge in [0.05, 0.1) is 11.4 Å². The highest BCUT2D eigenvalue weighted by Crippen LogP contribution is 2.63. The van der Waals surface area contributed by atoms with E-state index in [4.69, 9.17) is 31.4 Å². The minimum absolute atomic E-state index is 0.185. The van der Waals surface area contributed by atoms with E-state index in [1.807, 2.05) is 12.1 Å². The molecule has 0 saturated heterocycles. The fourth-order valence-corrected chi connectivity index (χ4v) is 8.02. The molecular weight excluding hydrogens is 633 g/mol. The van der Waals surface area contributed by atoms with Gasteiger partial charge in [0.15, 0.2) is 0 Å². The molecule has 1 fully saturated rings. The third-order valence-corrected chi connectivity index (χ3v) is 10.7. The summed E-state index contributed by atoms with van der Waals surface area (Å²) in [5, 5.41) is 8.90. The van der Waals surface area contributed by atoms with Gasteiger partial charge in [0.25, 0.3) is 0 Å². The van der Waals surface area contributed by atoms with Gasteiger partial charge < -0.3 is 22.1 Å². The van der Waals surface area contributed by atoms with Crippen molar-refractivity contribution in [1.29, 1.82) is 0 Å². The van der Waals surface area contributed by atoms with E-state index in [9.17, 15) is 0 Å². The lowest BCUT2D eigenvalue weighted by Crippen LogP contribution is -2.42. The molecule has 2 heterocycles. The molecule has 0 radical (unpaired) electrons. The molecule has 2 aromatic heterocycles. The Bertz CT molecular complexity index is 1620. The average Bonchev–Trinajstić information content (AvgIpc) is 3.12. The average molecular weight is 677 g/mol. The van der Waals surface area contributed by atoms with E-state index >= 15 is 0 Å². The first-order valence-corrected chi connectivity index (χ1v) is 18.7. The molecule has 0 aliphatic heterocycles. The van der Waals surface area contributed by atoms with Gasteiger partial charge in [-0.25, -0.2) is 19.9 Å². The molecule has 10 heteroatoms. The van der Waals surface area contributed by atoms with Crippen LogP contribution in [0.5, 0.6) is 0 Å². The Morgan fingerprint density at radius 2 is 1.02 bits per heavy atom. The summed E-state index contributed by atoms with van der Waals surface area (Å²) in [7, 11) is 0. The van der Waals surface area contributed by atoms with Crippen LogP contribution in [0.3, 0.4) is 0 Å². The largest absolute Gasteiger partial charge is 0.350 e. The standard InChI is InChI=1S/C38H44N8S2/c1-2-29-35(30-22-32(47-20-18-39)45-37(43-30)41-24-26-12-6-3-7-13-26)34(28-16-10-5-11-17-28)36(29)31-23-33(48-21-19-40)46-38(44-31)42-25-27-14-8-4-9-15-27/h3-17,22-23,29,34-36H,2,18-21,24-25,39-40H2,1H3,(H,41,43,45)(H,42,44,46). The quantitative estimate of drug-likeness (QED) is 0.0625. The second-order valence-corrected chi connectivity index (χ2v) is 14.2. The van der Waals surface area contributed by atoms with Crippen molar-refractivity contribution in [3.05, 3.63) is 131 Å². The number of rotatable bonds is 16. The van der Waals surface area contributed by atoms with E-state index in [1.165, 1.54) is 16.7 Å². The number of anilines is 2. The van der Waals surface area contributed by atoms with E-state index in [2.05, 4.69) is 109 Å². The van der Waals surface area contributed by atoms with E-state index in [1.54, 1.807) is 23.5 Å². The highest BCUT2D eigenvalue weighted by atomic mass is 32.2. The van der Waals surface area contributed by atoms with Crippen molar-refractivity contribution >= 4 is 35.4 Å². The first kappa shape index (κ1) is 33.9. The van der Waals surface area contributed by atoms with Crippen LogP contribution in [0, 0.1) is 5.92 Å².